The fourth-order valence-electron chi connectivity index (χ4n) is 7.54. The molecule has 0 aromatic carbocycles. The minimum absolute atomic E-state index is 0.0715. The highest BCUT2D eigenvalue weighted by Crippen LogP contribution is 2.65. The van der Waals surface area contributed by atoms with Gasteiger partial charge in [-0.05, 0) is 101 Å². The Balaban J connectivity index is 1.66. The second-order valence-electron chi connectivity index (χ2n) is 9.42. The summed E-state index contributed by atoms with van der Waals surface area (Å²) in [6.45, 7) is 9.56. The Morgan fingerprint density at radius 1 is 1.09 bits per heavy atom. The van der Waals surface area contributed by atoms with Crippen molar-refractivity contribution in [1.29, 1.82) is 0 Å². The van der Waals surface area contributed by atoms with Gasteiger partial charge in [-0.3, -0.25) is 0 Å². The largest absolute Gasteiger partial charge is 0.321 e. The lowest BCUT2D eigenvalue weighted by Gasteiger charge is -2.56. The van der Waals surface area contributed by atoms with Crippen LogP contribution in [0.3, 0.4) is 0 Å². The molecule has 128 valence electrons. The summed E-state index contributed by atoms with van der Waals surface area (Å²) in [6, 6.07) is 0. The van der Waals surface area contributed by atoms with E-state index in [1.807, 2.05) is 0 Å². The first-order valence-corrected chi connectivity index (χ1v) is 10.0. The molecule has 1 nitrogen and oxygen atoms in total. The smallest absolute Gasteiger partial charge is 0.0405 e. The van der Waals surface area contributed by atoms with Crippen molar-refractivity contribution in [3.63, 3.8) is 0 Å². The summed E-state index contributed by atoms with van der Waals surface area (Å²) < 4.78 is 0. The third-order valence-electron chi connectivity index (χ3n) is 8.82. The van der Waals surface area contributed by atoms with Gasteiger partial charge in [0.1, 0.15) is 0 Å². The molecule has 4 rings (SSSR count). The van der Waals surface area contributed by atoms with Gasteiger partial charge in [-0.1, -0.05) is 29.7 Å². The zero-order valence-corrected chi connectivity index (χ0v) is 15.6. The van der Waals surface area contributed by atoms with Gasteiger partial charge in [-0.25, -0.2) is 0 Å². The highest BCUT2D eigenvalue weighted by molar-refractivity contribution is 5.36. The topological polar surface area (TPSA) is 26.0 Å². The number of rotatable bonds is 1. The molecule has 2 N–H and O–H groups in total. The van der Waals surface area contributed by atoms with E-state index < -0.39 is 0 Å². The molecule has 1 heteroatoms. The maximum atomic E-state index is 7.09. The fourth-order valence-corrected chi connectivity index (χ4v) is 7.54. The molecule has 0 saturated heterocycles. The van der Waals surface area contributed by atoms with Crippen molar-refractivity contribution < 1.29 is 0 Å². The zero-order valence-electron chi connectivity index (χ0n) is 15.6. The predicted octanol–water partition coefficient (Wildman–Crippen LogP) is 5.61. The summed E-state index contributed by atoms with van der Waals surface area (Å²) >= 11 is 0. The van der Waals surface area contributed by atoms with E-state index in [4.69, 9.17) is 5.73 Å². The summed E-state index contributed by atoms with van der Waals surface area (Å²) in [4.78, 5) is 0. The van der Waals surface area contributed by atoms with Crippen LogP contribution in [0.25, 0.3) is 0 Å². The van der Waals surface area contributed by atoms with E-state index in [2.05, 4.69) is 33.8 Å². The number of allylic oxidation sites excluding steroid dienone is 3. The van der Waals surface area contributed by atoms with Crippen LogP contribution in [0.15, 0.2) is 22.8 Å². The van der Waals surface area contributed by atoms with E-state index in [1.165, 1.54) is 51.4 Å². The molecule has 0 amide bonds. The fraction of sp³-hybridized carbons (Fsp3) is 0.818. The number of hydrogen-bond acceptors (Lipinski definition) is 1. The van der Waals surface area contributed by atoms with E-state index in [0.717, 1.165) is 23.7 Å². The lowest BCUT2D eigenvalue weighted by Crippen LogP contribution is -2.57. The quantitative estimate of drug-likeness (QED) is 0.625. The van der Waals surface area contributed by atoms with E-state index in [-0.39, 0.29) is 5.54 Å². The van der Waals surface area contributed by atoms with E-state index in [0.29, 0.717) is 5.41 Å². The lowest BCUT2D eigenvalue weighted by atomic mass is 9.50. The van der Waals surface area contributed by atoms with Crippen molar-refractivity contribution in [1.82, 2.24) is 0 Å². The molecule has 0 aromatic rings. The van der Waals surface area contributed by atoms with Crippen molar-refractivity contribution >= 4 is 0 Å². The standard InChI is InChI=1S/C22H35N/c1-5-14(2)17-8-9-19-16-6-7-18-15(3)10-13-22(18,23)20(16)11-12-21(17,19)4/h5,16-17,19-20H,6-13,23H2,1-4H3. The Labute approximate surface area is 142 Å². The summed E-state index contributed by atoms with van der Waals surface area (Å²) in [5.41, 5.74) is 12.6. The first-order valence-electron chi connectivity index (χ1n) is 10.0. The summed E-state index contributed by atoms with van der Waals surface area (Å²) in [6.07, 6.45) is 13.2. The molecule has 0 heterocycles. The van der Waals surface area contributed by atoms with Gasteiger partial charge in [0, 0.05) is 5.54 Å². The molecule has 4 aliphatic rings. The Hall–Kier alpha value is -0.560. The number of nitrogens with two attached hydrogens (primary N) is 1. The van der Waals surface area contributed by atoms with Gasteiger partial charge in [-0.15, -0.1) is 0 Å². The van der Waals surface area contributed by atoms with Crippen LogP contribution in [-0.2, 0) is 0 Å². The van der Waals surface area contributed by atoms with Crippen LogP contribution in [0.2, 0.25) is 0 Å². The molecule has 6 atom stereocenters. The van der Waals surface area contributed by atoms with Crippen molar-refractivity contribution in [3.8, 4) is 0 Å². The highest BCUT2D eigenvalue weighted by atomic mass is 14.8. The molecule has 6 unspecified atom stereocenters. The second-order valence-corrected chi connectivity index (χ2v) is 9.42. The predicted molar refractivity (Wildman–Crippen MR) is 98.1 cm³/mol. The van der Waals surface area contributed by atoms with Crippen molar-refractivity contribution in [3.05, 3.63) is 22.8 Å². The van der Waals surface area contributed by atoms with Crippen LogP contribution in [0, 0.1) is 29.1 Å². The zero-order chi connectivity index (χ0) is 16.4. The number of fused-ring (bicyclic) bond motifs is 5. The minimum Gasteiger partial charge on any atom is -0.321 e. The Morgan fingerprint density at radius 2 is 1.87 bits per heavy atom. The summed E-state index contributed by atoms with van der Waals surface area (Å²) in [5.74, 6) is 3.41. The second kappa shape index (κ2) is 5.22. The van der Waals surface area contributed by atoms with Crippen LogP contribution >= 0.6 is 0 Å². The normalized spacial score (nSPS) is 49.9. The first kappa shape index (κ1) is 15.9. The van der Waals surface area contributed by atoms with Crippen LogP contribution in [-0.4, -0.2) is 5.54 Å². The van der Waals surface area contributed by atoms with Crippen LogP contribution in [0.5, 0.6) is 0 Å². The van der Waals surface area contributed by atoms with Crippen molar-refractivity contribution in [2.75, 3.05) is 0 Å². The first-order chi connectivity index (χ1) is 10.9. The van der Waals surface area contributed by atoms with Crippen LogP contribution in [0.1, 0.15) is 79.1 Å². The van der Waals surface area contributed by atoms with Gasteiger partial charge in [0.15, 0.2) is 0 Å². The SMILES string of the molecule is CC=C(C)C1CCC2C3CCC4=C(C)CCC4(N)C3CCC12C. The Kier molecular flexibility index (Phi) is 3.61. The van der Waals surface area contributed by atoms with E-state index in [1.54, 1.807) is 16.7 Å². The van der Waals surface area contributed by atoms with Gasteiger partial charge in [-0.2, -0.15) is 0 Å². The molecular weight excluding hydrogens is 278 g/mol. The Morgan fingerprint density at radius 3 is 2.61 bits per heavy atom. The van der Waals surface area contributed by atoms with Crippen molar-refractivity contribution in [2.24, 2.45) is 34.8 Å². The molecule has 23 heavy (non-hydrogen) atoms. The molecule has 0 bridgehead atoms. The van der Waals surface area contributed by atoms with Gasteiger partial charge in [0.05, 0.1) is 0 Å². The Bertz CT molecular complexity index is 571. The average Bonchev–Trinajstić information content (AvgIpc) is 3.04. The molecule has 3 saturated carbocycles. The average molecular weight is 314 g/mol. The molecule has 4 aliphatic carbocycles. The monoisotopic (exact) mass is 313 g/mol. The van der Waals surface area contributed by atoms with Crippen LogP contribution < -0.4 is 5.73 Å². The van der Waals surface area contributed by atoms with Gasteiger partial charge in [0.2, 0.25) is 0 Å². The molecule has 3 fully saturated rings. The lowest BCUT2D eigenvalue weighted by molar-refractivity contribution is -0.0199. The minimum atomic E-state index is 0.0715. The molecule has 0 radical (unpaired) electrons. The third-order valence-corrected chi connectivity index (χ3v) is 8.82. The van der Waals surface area contributed by atoms with Gasteiger partial charge in [0.25, 0.3) is 0 Å². The maximum Gasteiger partial charge on any atom is 0.0405 e. The molecule has 0 spiro atoms. The van der Waals surface area contributed by atoms with Crippen molar-refractivity contribution in [2.45, 2.75) is 84.6 Å². The van der Waals surface area contributed by atoms with Gasteiger partial charge < -0.3 is 5.73 Å². The molecule has 0 aliphatic heterocycles. The third kappa shape index (κ3) is 2.01. The number of hydrogen-bond donors (Lipinski definition) is 1. The van der Waals surface area contributed by atoms with Gasteiger partial charge >= 0.3 is 0 Å². The van der Waals surface area contributed by atoms with E-state index in [9.17, 15) is 0 Å². The summed E-state index contributed by atoms with van der Waals surface area (Å²) in [5, 5.41) is 0. The summed E-state index contributed by atoms with van der Waals surface area (Å²) in [7, 11) is 0. The molecule has 0 aromatic heterocycles. The maximum absolute atomic E-state index is 7.09. The van der Waals surface area contributed by atoms with Crippen LogP contribution in [0.4, 0.5) is 0 Å². The highest BCUT2D eigenvalue weighted by Gasteiger charge is 2.59. The van der Waals surface area contributed by atoms with E-state index >= 15 is 0 Å². The molecular formula is C22H35N.